The predicted molar refractivity (Wildman–Crippen MR) is 107 cm³/mol. The van der Waals surface area contributed by atoms with Crippen molar-refractivity contribution in [3.05, 3.63) is 54.3 Å². The van der Waals surface area contributed by atoms with Crippen molar-refractivity contribution in [3.8, 4) is 11.6 Å². The Morgan fingerprint density at radius 3 is 2.52 bits per heavy atom. The number of amides is 1. The van der Waals surface area contributed by atoms with Gasteiger partial charge in [0.2, 0.25) is 11.7 Å². The van der Waals surface area contributed by atoms with Crippen molar-refractivity contribution in [3.63, 3.8) is 0 Å². The molecule has 1 unspecified atom stereocenters. The highest BCUT2D eigenvalue weighted by atomic mass is 32.2. The monoisotopic (exact) mass is 384 g/mol. The van der Waals surface area contributed by atoms with E-state index < -0.39 is 0 Å². The van der Waals surface area contributed by atoms with Crippen LogP contribution in [0.15, 0.2) is 58.3 Å². The third-order valence-corrected chi connectivity index (χ3v) is 5.42. The van der Waals surface area contributed by atoms with Gasteiger partial charge in [0.1, 0.15) is 0 Å². The van der Waals surface area contributed by atoms with Gasteiger partial charge in [-0.15, -0.1) is 10.2 Å². The van der Waals surface area contributed by atoms with Gasteiger partial charge < -0.3 is 9.32 Å². The zero-order valence-corrected chi connectivity index (χ0v) is 16.6. The van der Waals surface area contributed by atoms with Crippen LogP contribution in [0.25, 0.3) is 11.6 Å². The molecule has 0 bridgehead atoms. The SMILES string of the molecule is CCN(CC)C(=O)C(C)Sc1nnc(-c2ccco2)n1Cc1ccccc1. The molecule has 0 saturated heterocycles. The molecule has 6 nitrogen and oxygen atoms in total. The lowest BCUT2D eigenvalue weighted by Crippen LogP contribution is -2.36. The minimum atomic E-state index is -0.243. The normalized spacial score (nSPS) is 12.1. The van der Waals surface area contributed by atoms with Crippen LogP contribution < -0.4 is 0 Å². The summed E-state index contributed by atoms with van der Waals surface area (Å²) < 4.78 is 7.53. The highest BCUT2D eigenvalue weighted by molar-refractivity contribution is 8.00. The summed E-state index contributed by atoms with van der Waals surface area (Å²) in [6.07, 6.45) is 1.62. The molecule has 0 spiro atoms. The minimum Gasteiger partial charge on any atom is -0.461 e. The molecule has 0 aliphatic rings. The fourth-order valence-corrected chi connectivity index (χ4v) is 3.81. The summed E-state index contributed by atoms with van der Waals surface area (Å²) in [5.41, 5.74) is 1.13. The molecule has 0 aliphatic carbocycles. The van der Waals surface area contributed by atoms with E-state index in [1.807, 2.05) is 60.6 Å². The molecule has 3 rings (SSSR count). The summed E-state index contributed by atoms with van der Waals surface area (Å²) in [6, 6.07) is 13.8. The van der Waals surface area contributed by atoms with Crippen molar-refractivity contribution in [1.29, 1.82) is 0 Å². The average Bonchev–Trinajstić information content (AvgIpc) is 3.34. The lowest BCUT2D eigenvalue weighted by Gasteiger charge is -2.22. The summed E-state index contributed by atoms with van der Waals surface area (Å²) in [7, 11) is 0. The van der Waals surface area contributed by atoms with Crippen molar-refractivity contribution in [2.24, 2.45) is 0 Å². The maximum Gasteiger partial charge on any atom is 0.235 e. The van der Waals surface area contributed by atoms with Crippen LogP contribution in [-0.2, 0) is 11.3 Å². The number of thioether (sulfide) groups is 1. The third-order valence-electron chi connectivity index (χ3n) is 4.35. The van der Waals surface area contributed by atoms with Gasteiger partial charge in [-0.3, -0.25) is 9.36 Å². The number of rotatable bonds is 8. The zero-order valence-electron chi connectivity index (χ0n) is 15.8. The number of hydrogen-bond donors (Lipinski definition) is 0. The summed E-state index contributed by atoms with van der Waals surface area (Å²) in [5, 5.41) is 9.14. The van der Waals surface area contributed by atoms with Crippen molar-refractivity contribution in [2.75, 3.05) is 13.1 Å². The number of carbonyl (C=O) groups excluding carboxylic acids is 1. The Balaban J connectivity index is 1.89. The molecule has 0 N–H and O–H groups in total. The fraction of sp³-hybridized carbons (Fsp3) is 0.350. The van der Waals surface area contributed by atoms with E-state index in [2.05, 4.69) is 22.3 Å². The van der Waals surface area contributed by atoms with Crippen LogP contribution >= 0.6 is 11.8 Å². The minimum absolute atomic E-state index is 0.110. The number of hydrogen-bond acceptors (Lipinski definition) is 5. The van der Waals surface area contributed by atoms with Crippen LogP contribution in [0.3, 0.4) is 0 Å². The Morgan fingerprint density at radius 2 is 1.89 bits per heavy atom. The van der Waals surface area contributed by atoms with Crippen LogP contribution in [-0.4, -0.2) is 43.9 Å². The second-order valence-electron chi connectivity index (χ2n) is 6.13. The van der Waals surface area contributed by atoms with E-state index in [-0.39, 0.29) is 11.2 Å². The van der Waals surface area contributed by atoms with Crippen LogP contribution in [0.4, 0.5) is 0 Å². The molecule has 0 radical (unpaired) electrons. The number of aromatic nitrogens is 3. The van der Waals surface area contributed by atoms with Crippen molar-refractivity contribution in [1.82, 2.24) is 19.7 Å². The molecule has 1 aromatic carbocycles. The molecular weight excluding hydrogens is 360 g/mol. The quantitative estimate of drug-likeness (QED) is 0.551. The number of carbonyl (C=O) groups is 1. The standard InChI is InChI=1S/C20H24N4O2S/c1-4-23(5-2)19(25)15(3)27-20-22-21-18(17-12-9-13-26-17)24(20)14-16-10-7-6-8-11-16/h6-13,15H,4-5,14H2,1-3H3. The van der Waals surface area contributed by atoms with E-state index in [1.54, 1.807) is 6.26 Å². The van der Waals surface area contributed by atoms with Gasteiger partial charge in [-0.25, -0.2) is 0 Å². The topological polar surface area (TPSA) is 64.2 Å². The Labute approximate surface area is 163 Å². The molecule has 142 valence electrons. The molecule has 7 heteroatoms. The average molecular weight is 385 g/mol. The van der Waals surface area contributed by atoms with Crippen LogP contribution in [0.2, 0.25) is 0 Å². The largest absolute Gasteiger partial charge is 0.461 e. The summed E-state index contributed by atoms with van der Waals surface area (Å²) in [4.78, 5) is 14.5. The third kappa shape index (κ3) is 4.42. The van der Waals surface area contributed by atoms with E-state index in [1.165, 1.54) is 11.8 Å². The fourth-order valence-electron chi connectivity index (χ4n) is 2.87. The maximum atomic E-state index is 12.6. The lowest BCUT2D eigenvalue weighted by molar-refractivity contribution is -0.129. The van der Waals surface area contributed by atoms with Gasteiger partial charge in [0.15, 0.2) is 10.9 Å². The molecule has 1 atom stereocenters. The number of furan rings is 1. The Bertz CT molecular complexity index is 858. The molecule has 2 aromatic heterocycles. The lowest BCUT2D eigenvalue weighted by atomic mass is 10.2. The summed E-state index contributed by atoms with van der Waals surface area (Å²) in [5.74, 6) is 1.43. The molecule has 0 saturated carbocycles. The first-order valence-corrected chi connectivity index (χ1v) is 9.98. The Kier molecular flexibility index (Phi) is 6.34. The van der Waals surface area contributed by atoms with Crippen LogP contribution in [0.1, 0.15) is 26.3 Å². The molecule has 0 fully saturated rings. The molecule has 27 heavy (non-hydrogen) atoms. The molecule has 1 amide bonds. The summed E-state index contributed by atoms with van der Waals surface area (Å²) in [6.45, 7) is 7.92. The highest BCUT2D eigenvalue weighted by Gasteiger charge is 2.24. The first kappa shape index (κ1) is 19.2. The van der Waals surface area contributed by atoms with Gasteiger partial charge in [-0.2, -0.15) is 0 Å². The van der Waals surface area contributed by atoms with Gasteiger partial charge in [0, 0.05) is 13.1 Å². The summed E-state index contributed by atoms with van der Waals surface area (Å²) >= 11 is 1.43. The van der Waals surface area contributed by atoms with Crippen molar-refractivity contribution >= 4 is 17.7 Å². The van der Waals surface area contributed by atoms with E-state index in [0.717, 1.165) is 5.56 Å². The maximum absolute atomic E-state index is 12.6. The molecule has 2 heterocycles. The molecule has 0 aliphatic heterocycles. The van der Waals surface area contributed by atoms with E-state index in [4.69, 9.17) is 4.42 Å². The second kappa shape index (κ2) is 8.90. The van der Waals surface area contributed by atoms with Crippen LogP contribution in [0.5, 0.6) is 0 Å². The van der Waals surface area contributed by atoms with Gasteiger partial charge in [0.05, 0.1) is 18.1 Å². The number of benzene rings is 1. The van der Waals surface area contributed by atoms with E-state index in [9.17, 15) is 4.79 Å². The van der Waals surface area contributed by atoms with E-state index in [0.29, 0.717) is 36.4 Å². The van der Waals surface area contributed by atoms with Crippen LogP contribution in [0, 0.1) is 0 Å². The molecular formula is C20H24N4O2S. The Morgan fingerprint density at radius 1 is 1.15 bits per heavy atom. The van der Waals surface area contributed by atoms with Gasteiger partial charge in [-0.05, 0) is 38.5 Å². The smallest absolute Gasteiger partial charge is 0.235 e. The molecule has 3 aromatic rings. The van der Waals surface area contributed by atoms with Gasteiger partial charge >= 0.3 is 0 Å². The first-order chi connectivity index (χ1) is 13.1. The van der Waals surface area contributed by atoms with E-state index >= 15 is 0 Å². The van der Waals surface area contributed by atoms with Crippen molar-refractivity contribution < 1.29 is 9.21 Å². The zero-order chi connectivity index (χ0) is 19.2. The number of nitrogens with zero attached hydrogens (tertiary/aromatic N) is 4. The predicted octanol–water partition coefficient (Wildman–Crippen LogP) is 3.94. The second-order valence-corrected chi connectivity index (χ2v) is 7.43. The first-order valence-electron chi connectivity index (χ1n) is 9.10. The van der Waals surface area contributed by atoms with Gasteiger partial charge in [-0.1, -0.05) is 42.1 Å². The highest BCUT2D eigenvalue weighted by Crippen LogP contribution is 2.28. The van der Waals surface area contributed by atoms with Crippen molar-refractivity contribution in [2.45, 2.75) is 37.7 Å². The van der Waals surface area contributed by atoms with Gasteiger partial charge in [0.25, 0.3) is 0 Å². The Hall–Kier alpha value is -2.54.